The Hall–Kier alpha value is -0.910. The molecule has 0 aromatic carbocycles. The summed E-state index contributed by atoms with van der Waals surface area (Å²) in [4.78, 5) is 13.4. The minimum absolute atomic E-state index is 0.148. The van der Waals surface area contributed by atoms with Crippen LogP contribution in [0.2, 0.25) is 0 Å². The first-order valence-corrected chi connectivity index (χ1v) is 7.17. The van der Waals surface area contributed by atoms with Gasteiger partial charge in [0.2, 0.25) is 0 Å². The lowest BCUT2D eigenvalue weighted by Gasteiger charge is -2.35. The maximum Gasteiger partial charge on any atom is 0.326 e. The van der Waals surface area contributed by atoms with Gasteiger partial charge in [-0.3, -0.25) is 10.1 Å². The molecule has 0 amide bonds. The average molecular weight is 269 g/mol. The third-order valence-electron chi connectivity index (χ3n) is 3.19. The van der Waals surface area contributed by atoms with Gasteiger partial charge in [0.1, 0.15) is 5.54 Å². The molecule has 1 aliphatic heterocycles. The smallest absolute Gasteiger partial charge is 0.326 e. The van der Waals surface area contributed by atoms with E-state index >= 15 is 0 Å². The van der Waals surface area contributed by atoms with Crippen LogP contribution in [0.3, 0.4) is 0 Å². The molecule has 1 saturated heterocycles. The van der Waals surface area contributed by atoms with Crippen molar-refractivity contribution in [1.29, 1.82) is 0 Å². The molecular formula is C13H19NO3S. The largest absolute Gasteiger partial charge is 0.465 e. The van der Waals surface area contributed by atoms with Crippen molar-refractivity contribution in [3.63, 3.8) is 0 Å². The second-order valence-corrected chi connectivity index (χ2v) is 5.38. The molecule has 1 fully saturated rings. The van der Waals surface area contributed by atoms with E-state index in [-0.39, 0.29) is 5.97 Å². The molecule has 5 heteroatoms. The second kappa shape index (κ2) is 6.31. The van der Waals surface area contributed by atoms with Crippen LogP contribution in [0, 0.1) is 0 Å². The molecule has 4 nitrogen and oxygen atoms in total. The van der Waals surface area contributed by atoms with E-state index in [1.54, 1.807) is 11.3 Å². The van der Waals surface area contributed by atoms with Crippen molar-refractivity contribution >= 4 is 17.3 Å². The first-order valence-electron chi connectivity index (χ1n) is 6.29. The number of hydrogen-bond donors (Lipinski definition) is 1. The number of ether oxygens (including phenoxy) is 2. The van der Waals surface area contributed by atoms with E-state index in [4.69, 9.17) is 9.47 Å². The third kappa shape index (κ3) is 3.10. The van der Waals surface area contributed by atoms with Gasteiger partial charge in [-0.1, -0.05) is 6.07 Å². The van der Waals surface area contributed by atoms with Gasteiger partial charge in [-0.2, -0.15) is 0 Å². The van der Waals surface area contributed by atoms with Crippen LogP contribution in [0.25, 0.3) is 0 Å². The normalized spacial score (nSPS) is 18.5. The Morgan fingerprint density at radius 2 is 2.33 bits per heavy atom. The molecule has 0 spiro atoms. The number of thiophene rings is 1. The van der Waals surface area contributed by atoms with Crippen molar-refractivity contribution < 1.29 is 14.3 Å². The molecule has 2 heterocycles. The molecule has 1 aromatic heterocycles. The second-order valence-electron chi connectivity index (χ2n) is 4.35. The van der Waals surface area contributed by atoms with Crippen LogP contribution >= 0.6 is 11.3 Å². The van der Waals surface area contributed by atoms with Crippen molar-refractivity contribution in [3.05, 3.63) is 22.4 Å². The molecule has 2 rings (SSSR count). The summed E-state index contributed by atoms with van der Waals surface area (Å²) in [5.41, 5.74) is -0.571. The zero-order chi connectivity index (χ0) is 12.8. The fraction of sp³-hybridized carbons (Fsp3) is 0.615. The Bertz CT molecular complexity index is 372. The Morgan fingerprint density at radius 1 is 1.56 bits per heavy atom. The van der Waals surface area contributed by atoms with E-state index in [2.05, 4.69) is 11.4 Å². The lowest BCUT2D eigenvalue weighted by molar-refractivity contribution is -0.155. The van der Waals surface area contributed by atoms with Gasteiger partial charge in [-0.25, -0.2) is 0 Å². The summed E-state index contributed by atoms with van der Waals surface area (Å²) in [6.45, 7) is 4.18. The number of carbonyl (C=O) groups excluding carboxylic acids is 1. The van der Waals surface area contributed by atoms with Crippen LogP contribution in [0.15, 0.2) is 17.5 Å². The van der Waals surface area contributed by atoms with Crippen molar-refractivity contribution in [2.45, 2.75) is 31.8 Å². The SMILES string of the molecule is CCOC(=O)C1(NCc2cccs2)CCOCC1. The fourth-order valence-corrected chi connectivity index (χ4v) is 2.76. The highest BCUT2D eigenvalue weighted by Crippen LogP contribution is 2.23. The van der Waals surface area contributed by atoms with Crippen LogP contribution in [-0.4, -0.2) is 31.3 Å². The Morgan fingerprint density at radius 3 is 2.94 bits per heavy atom. The molecule has 0 unspecified atom stereocenters. The Balaban J connectivity index is 2.01. The topological polar surface area (TPSA) is 47.6 Å². The number of nitrogens with one attached hydrogen (secondary N) is 1. The van der Waals surface area contributed by atoms with Crippen LogP contribution in [-0.2, 0) is 20.8 Å². The summed E-state index contributed by atoms with van der Waals surface area (Å²) in [6.07, 6.45) is 1.36. The Labute approximate surface area is 111 Å². The van der Waals surface area contributed by atoms with Gasteiger partial charge in [0.05, 0.1) is 6.61 Å². The maximum absolute atomic E-state index is 12.1. The van der Waals surface area contributed by atoms with Crippen LogP contribution in [0.1, 0.15) is 24.6 Å². The average Bonchev–Trinajstić information content (AvgIpc) is 2.91. The highest BCUT2D eigenvalue weighted by Gasteiger charge is 2.41. The maximum atomic E-state index is 12.1. The molecule has 0 aliphatic carbocycles. The van der Waals surface area contributed by atoms with Crippen LogP contribution in [0.5, 0.6) is 0 Å². The molecule has 0 atom stereocenters. The summed E-state index contributed by atoms with van der Waals surface area (Å²) in [5, 5.41) is 5.42. The first kappa shape index (κ1) is 13.5. The first-order chi connectivity index (χ1) is 8.77. The molecule has 100 valence electrons. The fourth-order valence-electron chi connectivity index (χ4n) is 2.11. The lowest BCUT2D eigenvalue weighted by atomic mass is 9.90. The molecule has 1 aliphatic rings. The summed E-state index contributed by atoms with van der Waals surface area (Å²) >= 11 is 1.69. The van der Waals surface area contributed by atoms with E-state index < -0.39 is 5.54 Å². The molecule has 1 N–H and O–H groups in total. The molecule has 0 saturated carbocycles. The highest BCUT2D eigenvalue weighted by molar-refractivity contribution is 7.09. The summed E-state index contributed by atoms with van der Waals surface area (Å²) in [7, 11) is 0. The summed E-state index contributed by atoms with van der Waals surface area (Å²) < 4.78 is 10.5. The summed E-state index contributed by atoms with van der Waals surface area (Å²) in [5.74, 6) is -0.148. The molecule has 1 aromatic rings. The number of rotatable bonds is 5. The van der Waals surface area contributed by atoms with E-state index in [1.165, 1.54) is 4.88 Å². The van der Waals surface area contributed by atoms with Crippen molar-refractivity contribution in [2.24, 2.45) is 0 Å². The van der Waals surface area contributed by atoms with Crippen molar-refractivity contribution in [2.75, 3.05) is 19.8 Å². The number of carbonyl (C=O) groups is 1. The van der Waals surface area contributed by atoms with E-state index in [0.717, 1.165) is 0 Å². The zero-order valence-corrected chi connectivity index (χ0v) is 11.4. The van der Waals surface area contributed by atoms with E-state index in [1.807, 2.05) is 18.4 Å². The third-order valence-corrected chi connectivity index (χ3v) is 4.07. The van der Waals surface area contributed by atoms with E-state index in [9.17, 15) is 4.79 Å². The van der Waals surface area contributed by atoms with Gasteiger partial charge in [-0.05, 0) is 31.2 Å². The van der Waals surface area contributed by atoms with Gasteiger partial charge in [0.25, 0.3) is 0 Å². The standard InChI is InChI=1S/C13H19NO3S/c1-2-17-12(15)13(5-7-16-8-6-13)14-10-11-4-3-9-18-11/h3-4,9,14H,2,5-8,10H2,1H3. The van der Waals surface area contributed by atoms with Gasteiger partial charge < -0.3 is 9.47 Å². The summed E-state index contributed by atoms with van der Waals surface area (Å²) in [6, 6.07) is 4.08. The van der Waals surface area contributed by atoms with Gasteiger partial charge in [-0.15, -0.1) is 11.3 Å². The molecule has 0 radical (unpaired) electrons. The minimum Gasteiger partial charge on any atom is -0.465 e. The lowest BCUT2D eigenvalue weighted by Crippen LogP contribution is -2.55. The van der Waals surface area contributed by atoms with Gasteiger partial charge >= 0.3 is 5.97 Å². The highest BCUT2D eigenvalue weighted by atomic mass is 32.1. The van der Waals surface area contributed by atoms with Crippen LogP contribution < -0.4 is 5.32 Å². The van der Waals surface area contributed by atoms with Crippen LogP contribution in [0.4, 0.5) is 0 Å². The predicted octanol–water partition coefficient (Wildman–Crippen LogP) is 1.95. The van der Waals surface area contributed by atoms with Gasteiger partial charge in [0, 0.05) is 24.6 Å². The molecule has 0 bridgehead atoms. The van der Waals surface area contributed by atoms with E-state index in [0.29, 0.717) is 39.2 Å². The zero-order valence-electron chi connectivity index (χ0n) is 10.6. The monoisotopic (exact) mass is 269 g/mol. The number of esters is 1. The Kier molecular flexibility index (Phi) is 4.74. The number of hydrogen-bond acceptors (Lipinski definition) is 5. The molecular weight excluding hydrogens is 250 g/mol. The predicted molar refractivity (Wildman–Crippen MR) is 70.6 cm³/mol. The molecule has 18 heavy (non-hydrogen) atoms. The van der Waals surface area contributed by atoms with Crippen molar-refractivity contribution in [3.8, 4) is 0 Å². The van der Waals surface area contributed by atoms with Gasteiger partial charge in [0.15, 0.2) is 0 Å². The minimum atomic E-state index is -0.571. The van der Waals surface area contributed by atoms with Crippen molar-refractivity contribution in [1.82, 2.24) is 5.32 Å². The quantitative estimate of drug-likeness (QED) is 0.830.